The van der Waals surface area contributed by atoms with Gasteiger partial charge in [0.05, 0.1) is 35.0 Å². The quantitative estimate of drug-likeness (QED) is 0.315. The van der Waals surface area contributed by atoms with Gasteiger partial charge in [-0.1, -0.05) is 12.5 Å². The van der Waals surface area contributed by atoms with Crippen molar-refractivity contribution in [2.45, 2.75) is 24.2 Å². The van der Waals surface area contributed by atoms with Crippen molar-refractivity contribution in [3.63, 3.8) is 0 Å². The fraction of sp³-hybridized carbons (Fsp3) is 0.409. The third-order valence-electron chi connectivity index (χ3n) is 6.06. The van der Waals surface area contributed by atoms with Crippen molar-refractivity contribution in [1.82, 2.24) is 4.31 Å². The number of piperidine rings is 1. The Bertz CT molecular complexity index is 1270. The lowest BCUT2D eigenvalue weighted by Gasteiger charge is -2.28. The second-order valence-electron chi connectivity index (χ2n) is 8.38. The van der Waals surface area contributed by atoms with E-state index in [-0.39, 0.29) is 22.0 Å². The van der Waals surface area contributed by atoms with Crippen LogP contribution in [0.3, 0.4) is 0 Å². The van der Waals surface area contributed by atoms with E-state index in [1.165, 1.54) is 28.7 Å². The molecular formula is C22H26N6O7S. The lowest BCUT2D eigenvalue weighted by atomic mass is 10.1. The highest BCUT2D eigenvalue weighted by atomic mass is 32.2. The summed E-state index contributed by atoms with van der Waals surface area (Å²) >= 11 is 0. The van der Waals surface area contributed by atoms with Gasteiger partial charge in [-0.2, -0.15) is 9.41 Å². The van der Waals surface area contributed by atoms with Crippen LogP contribution in [0, 0.1) is 20.2 Å². The first-order chi connectivity index (χ1) is 17.3. The van der Waals surface area contributed by atoms with Gasteiger partial charge in [0.15, 0.2) is 0 Å². The maximum atomic E-state index is 13.2. The molecule has 0 atom stereocenters. The highest BCUT2D eigenvalue weighted by Gasteiger charge is 2.30. The van der Waals surface area contributed by atoms with Crippen molar-refractivity contribution in [1.29, 1.82) is 0 Å². The van der Waals surface area contributed by atoms with Crippen LogP contribution in [0.1, 0.15) is 24.8 Å². The van der Waals surface area contributed by atoms with Crippen LogP contribution >= 0.6 is 0 Å². The largest absolute Gasteiger partial charge is 0.378 e. The lowest BCUT2D eigenvalue weighted by Crippen LogP contribution is -2.36. The van der Waals surface area contributed by atoms with Gasteiger partial charge in [-0.05, 0) is 25.0 Å². The van der Waals surface area contributed by atoms with Gasteiger partial charge in [0.25, 0.3) is 11.4 Å². The van der Waals surface area contributed by atoms with Crippen LogP contribution in [-0.4, -0.2) is 68.2 Å². The standard InChI is InChI=1S/C22H26N6O7S/c29-27(30)18-5-6-19(22(15-18)36(33,34)26-8-2-1-3-9-26)24-23-16-17-4-7-20(21(14-17)28(31)32)25-10-12-35-13-11-25/h4-7,14-16,24H,1-3,8-13H2/b23-16-. The van der Waals surface area contributed by atoms with Crippen molar-refractivity contribution >= 4 is 39.0 Å². The number of benzene rings is 2. The Morgan fingerprint density at radius 3 is 2.33 bits per heavy atom. The van der Waals surface area contributed by atoms with Crippen molar-refractivity contribution in [3.8, 4) is 0 Å². The van der Waals surface area contributed by atoms with Crippen LogP contribution in [0.15, 0.2) is 46.4 Å². The molecule has 2 heterocycles. The Kier molecular flexibility index (Phi) is 7.76. The van der Waals surface area contributed by atoms with Crippen LogP contribution in [-0.2, 0) is 14.8 Å². The maximum absolute atomic E-state index is 13.2. The third-order valence-corrected chi connectivity index (χ3v) is 7.99. The molecule has 0 aliphatic carbocycles. The van der Waals surface area contributed by atoms with E-state index in [0.29, 0.717) is 63.5 Å². The summed E-state index contributed by atoms with van der Waals surface area (Å²) in [6.07, 6.45) is 3.68. The average molecular weight is 519 g/mol. The molecule has 0 radical (unpaired) electrons. The molecule has 0 aromatic heterocycles. The average Bonchev–Trinajstić information content (AvgIpc) is 2.89. The molecule has 0 unspecified atom stereocenters. The highest BCUT2D eigenvalue weighted by molar-refractivity contribution is 7.89. The fourth-order valence-corrected chi connectivity index (χ4v) is 5.87. The topological polar surface area (TPSA) is 161 Å². The summed E-state index contributed by atoms with van der Waals surface area (Å²) in [6.45, 7) is 2.75. The van der Waals surface area contributed by atoms with Gasteiger partial charge in [-0.15, -0.1) is 0 Å². The van der Waals surface area contributed by atoms with E-state index in [1.54, 1.807) is 12.1 Å². The zero-order valence-corrected chi connectivity index (χ0v) is 20.2. The molecule has 0 spiro atoms. The minimum Gasteiger partial charge on any atom is -0.378 e. The number of rotatable bonds is 8. The van der Waals surface area contributed by atoms with E-state index in [2.05, 4.69) is 10.5 Å². The molecule has 2 aliphatic heterocycles. The van der Waals surface area contributed by atoms with E-state index in [4.69, 9.17) is 4.74 Å². The van der Waals surface area contributed by atoms with Gasteiger partial charge in [-0.25, -0.2) is 8.42 Å². The van der Waals surface area contributed by atoms with Crippen LogP contribution < -0.4 is 10.3 Å². The van der Waals surface area contributed by atoms with E-state index < -0.39 is 19.9 Å². The summed E-state index contributed by atoms with van der Waals surface area (Å²) in [4.78, 5) is 23.5. The van der Waals surface area contributed by atoms with Gasteiger partial charge in [0.2, 0.25) is 10.0 Å². The summed E-state index contributed by atoms with van der Waals surface area (Å²) < 4.78 is 33.1. The molecular weight excluding hydrogens is 492 g/mol. The molecule has 2 aliphatic rings. The molecule has 4 rings (SSSR count). The molecule has 0 bridgehead atoms. The SMILES string of the molecule is O=[N+]([O-])c1ccc(N/N=C\c2ccc(N3CCOCC3)c([N+](=O)[O-])c2)c(S(=O)(=O)N2CCCCC2)c1. The fourth-order valence-electron chi connectivity index (χ4n) is 4.19. The first-order valence-electron chi connectivity index (χ1n) is 11.5. The number of nitro groups is 2. The van der Waals surface area contributed by atoms with E-state index in [0.717, 1.165) is 12.5 Å². The molecule has 1 N–H and O–H groups in total. The van der Waals surface area contributed by atoms with Crippen molar-refractivity contribution in [3.05, 3.63) is 62.2 Å². The molecule has 0 amide bonds. The summed E-state index contributed by atoms with van der Waals surface area (Å²) in [5, 5.41) is 27.0. The van der Waals surface area contributed by atoms with Gasteiger partial charge in [-0.3, -0.25) is 25.7 Å². The number of nitro benzene ring substituents is 2. The van der Waals surface area contributed by atoms with Gasteiger partial charge in [0, 0.05) is 49.9 Å². The summed E-state index contributed by atoms with van der Waals surface area (Å²) in [5.41, 5.74) is 3.19. The minimum absolute atomic E-state index is 0.0712. The molecule has 2 fully saturated rings. The smallest absolute Gasteiger partial charge is 0.293 e. The number of nitrogens with one attached hydrogen (secondary N) is 1. The van der Waals surface area contributed by atoms with Crippen LogP contribution in [0.5, 0.6) is 0 Å². The van der Waals surface area contributed by atoms with Crippen LogP contribution in [0.4, 0.5) is 22.7 Å². The Balaban J connectivity index is 1.60. The number of sulfonamides is 1. The molecule has 2 saturated heterocycles. The predicted octanol–water partition coefficient (Wildman–Crippen LogP) is 2.96. The number of non-ortho nitro benzene ring substituents is 1. The Morgan fingerprint density at radius 1 is 0.944 bits per heavy atom. The van der Waals surface area contributed by atoms with E-state index in [1.807, 2.05) is 4.90 Å². The summed E-state index contributed by atoms with van der Waals surface area (Å²) in [7, 11) is -3.99. The molecule has 2 aromatic rings. The Morgan fingerprint density at radius 2 is 1.67 bits per heavy atom. The first-order valence-corrected chi connectivity index (χ1v) is 12.9. The summed E-state index contributed by atoms with van der Waals surface area (Å²) in [6, 6.07) is 8.19. The molecule has 14 heteroatoms. The maximum Gasteiger partial charge on any atom is 0.293 e. The molecule has 0 saturated carbocycles. The highest BCUT2D eigenvalue weighted by Crippen LogP contribution is 2.31. The first kappa shape index (κ1) is 25.5. The van der Waals surface area contributed by atoms with Gasteiger partial charge >= 0.3 is 0 Å². The number of hydrogen-bond donors (Lipinski definition) is 1. The second-order valence-corrected chi connectivity index (χ2v) is 10.3. The third kappa shape index (κ3) is 5.61. The zero-order chi connectivity index (χ0) is 25.7. The minimum atomic E-state index is -3.99. The number of nitrogens with zero attached hydrogens (tertiary/aromatic N) is 5. The Hall–Kier alpha value is -3.62. The van der Waals surface area contributed by atoms with Crippen LogP contribution in [0.25, 0.3) is 0 Å². The van der Waals surface area contributed by atoms with E-state index >= 15 is 0 Å². The molecule has 13 nitrogen and oxygen atoms in total. The van der Waals surface area contributed by atoms with Gasteiger partial charge in [0.1, 0.15) is 10.6 Å². The Labute approximate surface area is 207 Å². The molecule has 192 valence electrons. The number of anilines is 2. The number of ether oxygens (including phenoxy) is 1. The van der Waals surface area contributed by atoms with E-state index in [9.17, 15) is 28.6 Å². The van der Waals surface area contributed by atoms with Crippen molar-refractivity contribution < 1.29 is 23.0 Å². The monoisotopic (exact) mass is 518 g/mol. The molecule has 2 aromatic carbocycles. The number of hydrazone groups is 1. The number of hydrogen-bond acceptors (Lipinski definition) is 10. The summed E-state index contributed by atoms with van der Waals surface area (Å²) in [5.74, 6) is 0. The number of morpholine rings is 1. The van der Waals surface area contributed by atoms with Gasteiger partial charge < -0.3 is 9.64 Å². The van der Waals surface area contributed by atoms with Crippen molar-refractivity contribution in [2.24, 2.45) is 5.10 Å². The predicted molar refractivity (Wildman–Crippen MR) is 133 cm³/mol. The zero-order valence-electron chi connectivity index (χ0n) is 19.4. The normalized spacial score (nSPS) is 17.3. The van der Waals surface area contributed by atoms with Crippen molar-refractivity contribution in [2.75, 3.05) is 49.7 Å². The second kappa shape index (κ2) is 11.0. The van der Waals surface area contributed by atoms with Crippen LogP contribution in [0.2, 0.25) is 0 Å². The molecule has 36 heavy (non-hydrogen) atoms. The lowest BCUT2D eigenvalue weighted by molar-refractivity contribution is -0.385.